The van der Waals surface area contributed by atoms with Crippen molar-refractivity contribution in [1.29, 1.82) is 0 Å². The van der Waals surface area contributed by atoms with Crippen molar-refractivity contribution in [3.63, 3.8) is 0 Å². The molecule has 7 heteroatoms. The molecule has 7 nitrogen and oxygen atoms in total. The van der Waals surface area contributed by atoms with E-state index < -0.39 is 23.9 Å². The van der Waals surface area contributed by atoms with Crippen LogP contribution in [0.1, 0.15) is 11.1 Å². The van der Waals surface area contributed by atoms with Crippen molar-refractivity contribution in [3.05, 3.63) is 35.4 Å². The van der Waals surface area contributed by atoms with E-state index in [-0.39, 0.29) is 19.5 Å². The second kappa shape index (κ2) is 5.60. The maximum atomic E-state index is 12.0. The number of aliphatic carboxylic acids is 1. The molecule has 1 aliphatic heterocycles. The summed E-state index contributed by atoms with van der Waals surface area (Å²) in [5, 5.41) is 11.6. The Morgan fingerprint density at radius 3 is 2.55 bits per heavy atom. The molecule has 0 aliphatic carbocycles. The predicted octanol–water partition coefficient (Wildman–Crippen LogP) is -0.307. The number of rotatable bonds is 3. The number of fused-ring (bicyclic) bond motifs is 1. The minimum Gasteiger partial charge on any atom is -0.480 e. The Bertz CT molecular complexity index is 558. The van der Waals surface area contributed by atoms with Gasteiger partial charge < -0.3 is 21.1 Å². The summed E-state index contributed by atoms with van der Waals surface area (Å²) in [6, 6.07) is 5.81. The summed E-state index contributed by atoms with van der Waals surface area (Å²) in [6.07, 6.45) is 0.246. The standard InChI is InChI=1S/C13H15N3O4/c14-11(17)6-15-13(20)16-7-9-4-2-1-3-8(9)5-10(16)12(18)19/h1-4,10H,5-7H2,(H2,14,17)(H,15,20)(H,18,19). The van der Waals surface area contributed by atoms with E-state index in [4.69, 9.17) is 5.73 Å². The van der Waals surface area contributed by atoms with Gasteiger partial charge in [0.15, 0.2) is 0 Å². The molecule has 106 valence electrons. The number of carboxylic acids is 1. The number of benzene rings is 1. The van der Waals surface area contributed by atoms with Crippen molar-refractivity contribution in [2.24, 2.45) is 5.73 Å². The first-order valence-corrected chi connectivity index (χ1v) is 6.11. The van der Waals surface area contributed by atoms with Crippen molar-refractivity contribution in [3.8, 4) is 0 Å². The Labute approximate surface area is 115 Å². The number of primary amides is 1. The van der Waals surface area contributed by atoms with E-state index >= 15 is 0 Å². The smallest absolute Gasteiger partial charge is 0.326 e. The molecule has 1 aromatic carbocycles. The van der Waals surface area contributed by atoms with Crippen LogP contribution >= 0.6 is 0 Å². The molecule has 1 aromatic rings. The van der Waals surface area contributed by atoms with Crippen LogP contribution < -0.4 is 11.1 Å². The summed E-state index contributed by atoms with van der Waals surface area (Å²) in [4.78, 5) is 35.1. The van der Waals surface area contributed by atoms with Crippen LogP contribution in [-0.4, -0.2) is 40.5 Å². The van der Waals surface area contributed by atoms with Gasteiger partial charge in [0.2, 0.25) is 5.91 Å². The van der Waals surface area contributed by atoms with Gasteiger partial charge >= 0.3 is 12.0 Å². The van der Waals surface area contributed by atoms with Gasteiger partial charge in [0, 0.05) is 13.0 Å². The van der Waals surface area contributed by atoms with E-state index in [9.17, 15) is 19.5 Å². The molecular formula is C13H15N3O4. The van der Waals surface area contributed by atoms with Crippen LogP contribution in [-0.2, 0) is 22.6 Å². The third-order valence-electron chi connectivity index (χ3n) is 3.21. The van der Waals surface area contributed by atoms with Gasteiger partial charge in [-0.25, -0.2) is 9.59 Å². The molecule has 0 fully saturated rings. The van der Waals surface area contributed by atoms with Crippen molar-refractivity contribution >= 4 is 17.9 Å². The normalized spacial score (nSPS) is 17.2. The molecule has 2 rings (SSSR count). The van der Waals surface area contributed by atoms with Crippen LogP contribution in [0.3, 0.4) is 0 Å². The number of hydrogen-bond donors (Lipinski definition) is 3. The van der Waals surface area contributed by atoms with E-state index in [1.54, 1.807) is 0 Å². The maximum absolute atomic E-state index is 12.0. The van der Waals surface area contributed by atoms with Crippen LogP contribution in [0.2, 0.25) is 0 Å². The van der Waals surface area contributed by atoms with Gasteiger partial charge in [0.25, 0.3) is 0 Å². The molecule has 0 spiro atoms. The van der Waals surface area contributed by atoms with Crippen LogP contribution in [0.15, 0.2) is 24.3 Å². The molecule has 0 saturated heterocycles. The lowest BCUT2D eigenvalue weighted by molar-refractivity contribution is -0.142. The molecule has 3 amide bonds. The molecule has 0 saturated carbocycles. The molecule has 0 aromatic heterocycles. The first kappa shape index (κ1) is 13.9. The van der Waals surface area contributed by atoms with Crippen LogP contribution in [0.5, 0.6) is 0 Å². The number of carboxylic acid groups (broad SMARTS) is 1. The number of hydrogen-bond acceptors (Lipinski definition) is 3. The molecule has 0 radical (unpaired) electrons. The number of nitrogens with one attached hydrogen (secondary N) is 1. The van der Waals surface area contributed by atoms with Gasteiger partial charge in [-0.15, -0.1) is 0 Å². The largest absolute Gasteiger partial charge is 0.480 e. The van der Waals surface area contributed by atoms with E-state index in [0.717, 1.165) is 11.1 Å². The minimum absolute atomic E-state index is 0.192. The Kier molecular flexibility index (Phi) is 3.88. The second-order valence-corrected chi connectivity index (χ2v) is 4.58. The Morgan fingerprint density at radius 2 is 1.95 bits per heavy atom. The number of amides is 3. The van der Waals surface area contributed by atoms with Gasteiger partial charge in [-0.1, -0.05) is 24.3 Å². The Hall–Kier alpha value is -2.57. The minimum atomic E-state index is -1.08. The highest BCUT2D eigenvalue weighted by atomic mass is 16.4. The van der Waals surface area contributed by atoms with E-state index in [2.05, 4.69) is 5.32 Å². The molecule has 4 N–H and O–H groups in total. The van der Waals surface area contributed by atoms with E-state index in [1.807, 2.05) is 24.3 Å². The van der Waals surface area contributed by atoms with Crippen LogP contribution in [0.4, 0.5) is 4.79 Å². The molecule has 1 aliphatic rings. The predicted molar refractivity (Wildman–Crippen MR) is 69.7 cm³/mol. The van der Waals surface area contributed by atoms with Gasteiger partial charge in [-0.2, -0.15) is 0 Å². The summed E-state index contributed by atoms with van der Waals surface area (Å²) in [5.41, 5.74) is 6.77. The number of urea groups is 1. The van der Waals surface area contributed by atoms with Gasteiger partial charge in [0.05, 0.1) is 6.54 Å². The average molecular weight is 277 g/mol. The SMILES string of the molecule is NC(=O)CNC(=O)N1Cc2ccccc2CC1C(=O)O. The first-order chi connectivity index (χ1) is 9.49. The van der Waals surface area contributed by atoms with Gasteiger partial charge in [-0.3, -0.25) is 4.79 Å². The highest BCUT2D eigenvalue weighted by molar-refractivity contribution is 5.86. The lowest BCUT2D eigenvalue weighted by Crippen LogP contribution is -2.53. The molecular weight excluding hydrogens is 262 g/mol. The summed E-state index contributed by atoms with van der Waals surface area (Å²) >= 11 is 0. The summed E-state index contributed by atoms with van der Waals surface area (Å²) in [5.74, 6) is -1.75. The summed E-state index contributed by atoms with van der Waals surface area (Å²) < 4.78 is 0. The van der Waals surface area contributed by atoms with E-state index in [1.165, 1.54) is 4.90 Å². The zero-order valence-corrected chi connectivity index (χ0v) is 10.7. The summed E-state index contributed by atoms with van der Waals surface area (Å²) in [7, 11) is 0. The topological polar surface area (TPSA) is 113 Å². The monoisotopic (exact) mass is 277 g/mol. The lowest BCUT2D eigenvalue weighted by Gasteiger charge is -2.34. The third kappa shape index (κ3) is 2.87. The summed E-state index contributed by atoms with van der Waals surface area (Å²) in [6.45, 7) is -0.124. The number of carbonyl (C=O) groups excluding carboxylic acids is 2. The third-order valence-corrected chi connectivity index (χ3v) is 3.21. The molecule has 1 unspecified atom stereocenters. The van der Waals surface area contributed by atoms with Crippen molar-refractivity contribution in [2.75, 3.05) is 6.54 Å². The molecule has 0 bridgehead atoms. The average Bonchev–Trinajstić information content (AvgIpc) is 2.43. The number of carbonyl (C=O) groups is 3. The van der Waals surface area contributed by atoms with Crippen LogP contribution in [0.25, 0.3) is 0 Å². The maximum Gasteiger partial charge on any atom is 0.326 e. The number of nitrogens with zero attached hydrogens (tertiary/aromatic N) is 1. The Morgan fingerprint density at radius 1 is 1.30 bits per heavy atom. The van der Waals surface area contributed by atoms with Crippen molar-refractivity contribution < 1.29 is 19.5 Å². The quantitative estimate of drug-likeness (QED) is 0.703. The van der Waals surface area contributed by atoms with Gasteiger partial charge in [0.1, 0.15) is 6.04 Å². The highest BCUT2D eigenvalue weighted by Crippen LogP contribution is 2.23. The van der Waals surface area contributed by atoms with Crippen molar-refractivity contribution in [2.45, 2.75) is 19.0 Å². The lowest BCUT2D eigenvalue weighted by atomic mass is 9.94. The number of nitrogens with two attached hydrogens (primary N) is 1. The molecule has 1 atom stereocenters. The van der Waals surface area contributed by atoms with Crippen LogP contribution in [0, 0.1) is 0 Å². The zero-order valence-electron chi connectivity index (χ0n) is 10.7. The fourth-order valence-electron chi connectivity index (χ4n) is 2.22. The second-order valence-electron chi connectivity index (χ2n) is 4.58. The Balaban J connectivity index is 2.20. The fourth-order valence-corrected chi connectivity index (χ4v) is 2.22. The van der Waals surface area contributed by atoms with Gasteiger partial charge in [-0.05, 0) is 11.1 Å². The van der Waals surface area contributed by atoms with E-state index in [0.29, 0.717) is 0 Å². The molecule has 1 heterocycles. The highest BCUT2D eigenvalue weighted by Gasteiger charge is 2.34. The van der Waals surface area contributed by atoms with Crippen molar-refractivity contribution in [1.82, 2.24) is 10.2 Å². The first-order valence-electron chi connectivity index (χ1n) is 6.11. The fraction of sp³-hybridized carbons (Fsp3) is 0.308. The molecule has 20 heavy (non-hydrogen) atoms. The zero-order chi connectivity index (χ0) is 14.7.